The Kier molecular flexibility index (Phi) is 2.50. The number of rotatable bonds is 1. The summed E-state index contributed by atoms with van der Waals surface area (Å²) in [4.78, 5) is 4.92. The van der Waals surface area contributed by atoms with Crippen LogP contribution in [0.4, 0.5) is 0 Å². The first-order chi connectivity index (χ1) is 4.34. The highest BCUT2D eigenvalue weighted by Crippen LogP contribution is 2.19. The lowest BCUT2D eigenvalue weighted by atomic mass is 10.5. The van der Waals surface area contributed by atoms with Gasteiger partial charge in [-0.3, -0.25) is 5.14 Å². The van der Waals surface area contributed by atoms with E-state index in [9.17, 15) is 0 Å². The summed E-state index contributed by atoms with van der Waals surface area (Å²) in [6.45, 7) is 0. The first-order valence-corrected chi connectivity index (χ1v) is 3.99. The van der Waals surface area contributed by atoms with Crippen LogP contribution in [0.25, 0.3) is 0 Å². The maximum Gasteiger partial charge on any atom is 0.120 e. The van der Waals surface area contributed by atoms with E-state index in [1.807, 2.05) is 12.1 Å². The highest BCUT2D eigenvalue weighted by atomic mass is 79.9. The fraction of sp³-hybridized carbons (Fsp3) is 0. The lowest BCUT2D eigenvalue weighted by Crippen LogP contribution is -1.82. The maximum atomic E-state index is 5.30. The molecule has 0 saturated carbocycles. The zero-order valence-corrected chi connectivity index (χ0v) is 6.95. The second kappa shape index (κ2) is 3.20. The number of hydrogen-bond donors (Lipinski definition) is 1. The lowest BCUT2D eigenvalue weighted by molar-refractivity contribution is 1.18. The Hall–Kier alpha value is -0.0600. The molecule has 1 aromatic heterocycles. The molecule has 1 heterocycles. The van der Waals surface area contributed by atoms with Crippen LogP contribution in [0, 0.1) is 0 Å². The number of halogens is 1. The van der Waals surface area contributed by atoms with Crippen LogP contribution in [0.5, 0.6) is 0 Å². The second-order valence-corrected chi connectivity index (χ2v) is 2.84. The molecule has 0 spiro atoms. The summed E-state index contributed by atoms with van der Waals surface area (Å²) < 4.78 is 0.803. The minimum atomic E-state index is 0.803. The third-order valence-electron chi connectivity index (χ3n) is 0.852. The molecule has 0 saturated heterocycles. The zero-order valence-electron chi connectivity index (χ0n) is 4.54. The molecule has 2 N–H and O–H groups in total. The number of aromatic nitrogens is 1. The molecule has 4 heteroatoms. The molecular weight excluding hydrogens is 200 g/mol. The molecule has 0 aromatic carbocycles. The number of pyridine rings is 1. The fourth-order valence-corrected chi connectivity index (χ4v) is 1.30. The van der Waals surface area contributed by atoms with Crippen LogP contribution in [-0.4, -0.2) is 4.98 Å². The van der Waals surface area contributed by atoms with Gasteiger partial charge in [0.15, 0.2) is 0 Å². The van der Waals surface area contributed by atoms with E-state index in [4.69, 9.17) is 5.14 Å². The van der Waals surface area contributed by atoms with Gasteiger partial charge in [0.2, 0.25) is 0 Å². The Morgan fingerprint density at radius 1 is 1.67 bits per heavy atom. The van der Waals surface area contributed by atoms with Crippen LogP contribution >= 0.6 is 27.9 Å². The summed E-state index contributed by atoms with van der Waals surface area (Å²) in [5.74, 6) is 0. The van der Waals surface area contributed by atoms with Crippen LogP contribution in [0.15, 0.2) is 27.8 Å². The van der Waals surface area contributed by atoms with Gasteiger partial charge in [0.1, 0.15) is 4.60 Å². The quantitative estimate of drug-likeness (QED) is 0.561. The van der Waals surface area contributed by atoms with Gasteiger partial charge in [0.25, 0.3) is 0 Å². The number of hydrogen-bond acceptors (Lipinski definition) is 3. The average molecular weight is 205 g/mol. The minimum Gasteiger partial charge on any atom is -0.274 e. The van der Waals surface area contributed by atoms with Crippen molar-refractivity contribution in [1.82, 2.24) is 4.98 Å². The average Bonchev–Trinajstić information content (AvgIpc) is 1.89. The molecular formula is C5H5BrN2S. The van der Waals surface area contributed by atoms with Crippen LogP contribution in [0.1, 0.15) is 0 Å². The summed E-state index contributed by atoms with van der Waals surface area (Å²) in [5.41, 5.74) is 0. The fourth-order valence-electron chi connectivity index (χ4n) is 0.459. The normalized spacial score (nSPS) is 9.56. The minimum absolute atomic E-state index is 0.803. The van der Waals surface area contributed by atoms with E-state index in [0.717, 1.165) is 9.50 Å². The van der Waals surface area contributed by atoms with E-state index >= 15 is 0 Å². The van der Waals surface area contributed by atoms with Crippen molar-refractivity contribution < 1.29 is 0 Å². The third-order valence-corrected chi connectivity index (χ3v) is 2.33. The Labute approximate surface area is 66.1 Å². The van der Waals surface area contributed by atoms with Crippen molar-refractivity contribution in [3.8, 4) is 0 Å². The summed E-state index contributed by atoms with van der Waals surface area (Å²) in [6, 6.07) is 3.75. The molecule has 0 bridgehead atoms. The number of nitrogens with two attached hydrogens (primary N) is 1. The van der Waals surface area contributed by atoms with Gasteiger partial charge in [-0.15, -0.1) is 0 Å². The molecule has 0 aliphatic heterocycles. The maximum absolute atomic E-state index is 5.30. The summed E-state index contributed by atoms with van der Waals surface area (Å²) >= 11 is 4.43. The molecule has 2 nitrogen and oxygen atoms in total. The molecule has 1 aromatic rings. The van der Waals surface area contributed by atoms with Crippen molar-refractivity contribution in [1.29, 1.82) is 0 Å². The van der Waals surface area contributed by atoms with Gasteiger partial charge in [-0.25, -0.2) is 4.98 Å². The smallest absolute Gasteiger partial charge is 0.120 e. The van der Waals surface area contributed by atoms with Crippen molar-refractivity contribution in [2.24, 2.45) is 5.14 Å². The second-order valence-electron chi connectivity index (χ2n) is 1.41. The predicted molar refractivity (Wildman–Crippen MR) is 42.0 cm³/mol. The Balaban J connectivity index is 3.01. The SMILES string of the molecule is NSc1cccnc1Br. The molecule has 0 aliphatic rings. The van der Waals surface area contributed by atoms with E-state index in [2.05, 4.69) is 20.9 Å². The molecule has 0 aliphatic carbocycles. The van der Waals surface area contributed by atoms with Crippen molar-refractivity contribution in [2.75, 3.05) is 0 Å². The van der Waals surface area contributed by atoms with Gasteiger partial charge in [0.05, 0.1) is 4.90 Å². The van der Waals surface area contributed by atoms with E-state index in [0.29, 0.717) is 0 Å². The van der Waals surface area contributed by atoms with Gasteiger partial charge in [-0.1, -0.05) is 0 Å². The molecule has 0 amide bonds. The van der Waals surface area contributed by atoms with E-state index in [1.165, 1.54) is 11.9 Å². The molecule has 0 fully saturated rings. The first kappa shape index (κ1) is 7.05. The van der Waals surface area contributed by atoms with Crippen LogP contribution < -0.4 is 5.14 Å². The van der Waals surface area contributed by atoms with E-state index in [1.54, 1.807) is 6.20 Å². The lowest BCUT2D eigenvalue weighted by Gasteiger charge is -1.94. The molecule has 48 valence electrons. The molecule has 9 heavy (non-hydrogen) atoms. The van der Waals surface area contributed by atoms with E-state index in [-0.39, 0.29) is 0 Å². The zero-order chi connectivity index (χ0) is 6.69. The topological polar surface area (TPSA) is 38.9 Å². The van der Waals surface area contributed by atoms with Crippen molar-refractivity contribution >= 4 is 27.9 Å². The van der Waals surface area contributed by atoms with Crippen molar-refractivity contribution in [3.05, 3.63) is 22.9 Å². The Bertz CT molecular complexity index is 204. The van der Waals surface area contributed by atoms with E-state index < -0.39 is 0 Å². The first-order valence-electron chi connectivity index (χ1n) is 2.32. The van der Waals surface area contributed by atoms with Gasteiger partial charge in [-0.2, -0.15) is 0 Å². The largest absolute Gasteiger partial charge is 0.274 e. The highest BCUT2D eigenvalue weighted by Gasteiger charge is 1.94. The molecule has 0 radical (unpaired) electrons. The van der Waals surface area contributed by atoms with Crippen molar-refractivity contribution in [3.63, 3.8) is 0 Å². The Morgan fingerprint density at radius 3 is 2.89 bits per heavy atom. The predicted octanol–water partition coefficient (Wildman–Crippen LogP) is 1.81. The monoisotopic (exact) mass is 204 g/mol. The van der Waals surface area contributed by atoms with Gasteiger partial charge in [-0.05, 0) is 40.0 Å². The van der Waals surface area contributed by atoms with Crippen LogP contribution in [0.3, 0.4) is 0 Å². The Morgan fingerprint density at radius 2 is 2.44 bits per heavy atom. The summed E-state index contributed by atoms with van der Waals surface area (Å²) in [5, 5.41) is 5.30. The number of nitrogens with zero attached hydrogens (tertiary/aromatic N) is 1. The summed E-state index contributed by atoms with van der Waals surface area (Å²) in [6.07, 6.45) is 1.71. The van der Waals surface area contributed by atoms with Crippen LogP contribution in [-0.2, 0) is 0 Å². The highest BCUT2D eigenvalue weighted by molar-refractivity contribution is 9.10. The molecule has 1 rings (SSSR count). The van der Waals surface area contributed by atoms with Crippen molar-refractivity contribution in [2.45, 2.75) is 4.90 Å². The van der Waals surface area contributed by atoms with Gasteiger partial charge < -0.3 is 0 Å². The van der Waals surface area contributed by atoms with Crippen LogP contribution in [0.2, 0.25) is 0 Å². The summed E-state index contributed by atoms with van der Waals surface area (Å²) in [7, 11) is 0. The molecule has 0 atom stereocenters. The standard InChI is InChI=1S/C5H5BrN2S/c6-5-4(9-7)2-1-3-8-5/h1-3H,7H2. The molecule has 0 unspecified atom stereocenters. The van der Waals surface area contributed by atoms with Gasteiger partial charge >= 0.3 is 0 Å². The van der Waals surface area contributed by atoms with Gasteiger partial charge in [0, 0.05) is 6.20 Å². The third kappa shape index (κ3) is 1.67.